The molecule has 16 heavy (non-hydrogen) atoms. The molecule has 3 heteroatoms. The summed E-state index contributed by atoms with van der Waals surface area (Å²) in [5, 5.41) is 1.91. The van der Waals surface area contributed by atoms with Crippen molar-refractivity contribution in [3.8, 4) is 0 Å². The molecular weight excluding hydrogens is 220 g/mol. The zero-order valence-corrected chi connectivity index (χ0v) is 10.1. The first-order chi connectivity index (χ1) is 7.72. The van der Waals surface area contributed by atoms with Gasteiger partial charge < -0.3 is 5.73 Å². The summed E-state index contributed by atoms with van der Waals surface area (Å²) in [5.74, 6) is 0. The van der Waals surface area contributed by atoms with Crippen molar-refractivity contribution in [3.05, 3.63) is 40.5 Å². The molecule has 0 fully saturated rings. The summed E-state index contributed by atoms with van der Waals surface area (Å²) in [4.78, 5) is 4.44. The predicted molar refractivity (Wildman–Crippen MR) is 68.9 cm³/mol. The number of rotatable bonds is 3. The Kier molecular flexibility index (Phi) is 3.42. The average Bonchev–Trinajstić information content (AvgIpc) is 2.27. The lowest BCUT2D eigenvalue weighted by atomic mass is 10.0. The Morgan fingerprint density at radius 3 is 2.94 bits per heavy atom. The van der Waals surface area contributed by atoms with Gasteiger partial charge in [-0.05, 0) is 55.6 Å². The molecule has 1 heterocycles. The number of halogens is 1. The highest BCUT2D eigenvalue weighted by atomic mass is 35.5. The second-order valence-corrected chi connectivity index (χ2v) is 4.42. The van der Waals surface area contributed by atoms with Crippen molar-refractivity contribution in [3.63, 3.8) is 0 Å². The summed E-state index contributed by atoms with van der Waals surface area (Å²) in [7, 11) is 0. The zero-order chi connectivity index (χ0) is 11.5. The molecule has 0 amide bonds. The van der Waals surface area contributed by atoms with Crippen LogP contribution in [0.2, 0.25) is 5.02 Å². The van der Waals surface area contributed by atoms with Gasteiger partial charge >= 0.3 is 0 Å². The number of hydrogen-bond acceptors (Lipinski definition) is 2. The third-order valence-electron chi connectivity index (χ3n) is 2.76. The predicted octanol–water partition coefficient (Wildman–Crippen LogP) is 3.09. The summed E-state index contributed by atoms with van der Waals surface area (Å²) < 4.78 is 0. The number of nitrogens with two attached hydrogens (primary N) is 1. The van der Waals surface area contributed by atoms with Crippen LogP contribution >= 0.6 is 11.6 Å². The average molecular weight is 235 g/mol. The van der Waals surface area contributed by atoms with Gasteiger partial charge in [-0.1, -0.05) is 11.6 Å². The third kappa shape index (κ3) is 2.18. The van der Waals surface area contributed by atoms with Crippen LogP contribution in [0.5, 0.6) is 0 Å². The van der Waals surface area contributed by atoms with E-state index in [-0.39, 0.29) is 0 Å². The summed E-state index contributed by atoms with van der Waals surface area (Å²) in [6, 6.07) is 5.97. The Morgan fingerprint density at radius 1 is 1.38 bits per heavy atom. The largest absolute Gasteiger partial charge is 0.330 e. The summed E-state index contributed by atoms with van der Waals surface area (Å²) in [6.45, 7) is 2.77. The van der Waals surface area contributed by atoms with Crippen LogP contribution in [0.4, 0.5) is 0 Å². The maximum Gasteiger partial charge on any atom is 0.0737 e. The van der Waals surface area contributed by atoms with Crippen LogP contribution in [0.25, 0.3) is 10.9 Å². The van der Waals surface area contributed by atoms with Crippen LogP contribution in [0.1, 0.15) is 17.5 Å². The van der Waals surface area contributed by atoms with Crippen LogP contribution < -0.4 is 5.73 Å². The van der Waals surface area contributed by atoms with Crippen LogP contribution in [0.15, 0.2) is 24.4 Å². The van der Waals surface area contributed by atoms with Crippen molar-refractivity contribution in [2.45, 2.75) is 19.8 Å². The molecule has 2 aromatic rings. The van der Waals surface area contributed by atoms with Gasteiger partial charge in [0.15, 0.2) is 0 Å². The van der Waals surface area contributed by atoms with E-state index < -0.39 is 0 Å². The van der Waals surface area contributed by atoms with Crippen molar-refractivity contribution in [1.82, 2.24) is 4.98 Å². The van der Waals surface area contributed by atoms with E-state index in [2.05, 4.69) is 11.9 Å². The number of nitrogens with zero attached hydrogens (tertiary/aromatic N) is 1. The number of benzene rings is 1. The van der Waals surface area contributed by atoms with Crippen molar-refractivity contribution in [1.29, 1.82) is 0 Å². The molecule has 2 nitrogen and oxygen atoms in total. The fraction of sp³-hybridized carbons (Fsp3) is 0.308. The molecule has 0 saturated carbocycles. The van der Waals surface area contributed by atoms with Gasteiger partial charge in [0.05, 0.1) is 5.52 Å². The van der Waals surface area contributed by atoms with Crippen molar-refractivity contribution < 1.29 is 0 Å². The van der Waals surface area contributed by atoms with Crippen LogP contribution in [0.3, 0.4) is 0 Å². The van der Waals surface area contributed by atoms with Gasteiger partial charge in [-0.15, -0.1) is 0 Å². The fourth-order valence-electron chi connectivity index (χ4n) is 1.91. The van der Waals surface area contributed by atoms with Gasteiger partial charge in [-0.25, -0.2) is 0 Å². The molecule has 0 aliphatic carbocycles. The maximum atomic E-state index is 6.12. The molecule has 0 bridgehead atoms. The van der Waals surface area contributed by atoms with E-state index in [1.54, 1.807) is 0 Å². The fourth-order valence-corrected chi connectivity index (χ4v) is 2.15. The molecule has 0 unspecified atom stereocenters. The van der Waals surface area contributed by atoms with E-state index in [9.17, 15) is 0 Å². The van der Waals surface area contributed by atoms with E-state index >= 15 is 0 Å². The molecule has 1 aromatic carbocycles. The molecule has 0 atom stereocenters. The van der Waals surface area contributed by atoms with E-state index in [1.807, 2.05) is 24.4 Å². The molecule has 0 aliphatic heterocycles. The normalized spacial score (nSPS) is 10.9. The zero-order valence-electron chi connectivity index (χ0n) is 9.33. The van der Waals surface area contributed by atoms with Crippen LogP contribution in [-0.2, 0) is 6.42 Å². The first-order valence-corrected chi connectivity index (χ1v) is 5.84. The second kappa shape index (κ2) is 4.81. The maximum absolute atomic E-state index is 6.12. The Hall–Kier alpha value is -1.12. The molecule has 0 aliphatic rings. The molecule has 1 aromatic heterocycles. The van der Waals surface area contributed by atoms with Gasteiger partial charge in [-0.2, -0.15) is 0 Å². The molecule has 2 N–H and O–H groups in total. The Morgan fingerprint density at radius 2 is 2.19 bits per heavy atom. The number of aryl methyl sites for hydroxylation is 2. The molecule has 2 rings (SSSR count). The lowest BCUT2D eigenvalue weighted by molar-refractivity contribution is 0.835. The number of fused-ring (bicyclic) bond motifs is 1. The minimum absolute atomic E-state index is 0.694. The van der Waals surface area contributed by atoms with Gasteiger partial charge in [0.2, 0.25) is 0 Å². The first kappa shape index (κ1) is 11.4. The Bertz CT molecular complexity index is 509. The molecule has 0 spiro atoms. The quantitative estimate of drug-likeness (QED) is 0.887. The summed E-state index contributed by atoms with van der Waals surface area (Å²) in [5.41, 5.74) is 8.99. The molecule has 0 radical (unpaired) electrons. The topological polar surface area (TPSA) is 38.9 Å². The van der Waals surface area contributed by atoms with E-state index in [1.165, 1.54) is 11.1 Å². The highest BCUT2D eigenvalue weighted by Crippen LogP contribution is 2.25. The standard InChI is InChI=1S/C13H15ClN2/c1-9-4-6-16-13-10(3-2-5-15)7-11(14)8-12(9)13/h4,6-8H,2-3,5,15H2,1H3. The van der Waals surface area contributed by atoms with Crippen molar-refractivity contribution in [2.24, 2.45) is 5.73 Å². The SMILES string of the molecule is Cc1ccnc2c(CCCN)cc(Cl)cc12. The molecule has 84 valence electrons. The van der Waals surface area contributed by atoms with Gasteiger partial charge in [0.25, 0.3) is 0 Å². The number of hydrogen-bond donors (Lipinski definition) is 1. The van der Waals surface area contributed by atoms with Crippen LogP contribution in [-0.4, -0.2) is 11.5 Å². The summed E-state index contributed by atoms with van der Waals surface area (Å²) in [6.07, 6.45) is 3.74. The Balaban J connectivity index is 2.59. The van der Waals surface area contributed by atoms with E-state index in [0.717, 1.165) is 28.8 Å². The van der Waals surface area contributed by atoms with E-state index in [4.69, 9.17) is 17.3 Å². The van der Waals surface area contributed by atoms with Gasteiger partial charge in [0, 0.05) is 16.6 Å². The Labute approximate surface area is 100 Å². The number of aromatic nitrogens is 1. The third-order valence-corrected chi connectivity index (χ3v) is 2.98. The number of pyridine rings is 1. The molecule has 0 saturated heterocycles. The smallest absolute Gasteiger partial charge is 0.0737 e. The van der Waals surface area contributed by atoms with Gasteiger partial charge in [-0.3, -0.25) is 4.98 Å². The molecular formula is C13H15ClN2. The van der Waals surface area contributed by atoms with Gasteiger partial charge in [0.1, 0.15) is 0 Å². The lowest BCUT2D eigenvalue weighted by Crippen LogP contribution is -2.01. The van der Waals surface area contributed by atoms with Crippen molar-refractivity contribution in [2.75, 3.05) is 6.54 Å². The second-order valence-electron chi connectivity index (χ2n) is 3.98. The summed E-state index contributed by atoms with van der Waals surface area (Å²) >= 11 is 6.12. The minimum Gasteiger partial charge on any atom is -0.330 e. The monoisotopic (exact) mass is 234 g/mol. The highest BCUT2D eigenvalue weighted by Gasteiger charge is 2.06. The minimum atomic E-state index is 0.694. The highest BCUT2D eigenvalue weighted by molar-refractivity contribution is 6.31. The van der Waals surface area contributed by atoms with Crippen LogP contribution in [0, 0.1) is 6.92 Å². The van der Waals surface area contributed by atoms with E-state index in [0.29, 0.717) is 6.54 Å². The lowest BCUT2D eigenvalue weighted by Gasteiger charge is -2.08. The van der Waals surface area contributed by atoms with Crippen molar-refractivity contribution >= 4 is 22.5 Å². The first-order valence-electron chi connectivity index (χ1n) is 5.46.